The van der Waals surface area contributed by atoms with E-state index in [9.17, 15) is 9.18 Å². The van der Waals surface area contributed by atoms with Crippen molar-refractivity contribution in [1.29, 1.82) is 10.5 Å². The van der Waals surface area contributed by atoms with Crippen molar-refractivity contribution in [3.05, 3.63) is 66.1 Å². The minimum atomic E-state index is -0.603. The van der Waals surface area contributed by atoms with Crippen LogP contribution in [0.3, 0.4) is 0 Å². The second-order valence-corrected chi connectivity index (χ2v) is 5.35. The fraction of sp³-hybridized carbons (Fsp3) is 0. The molecule has 0 saturated carbocycles. The van der Waals surface area contributed by atoms with Gasteiger partial charge in [0.1, 0.15) is 22.9 Å². The van der Waals surface area contributed by atoms with Gasteiger partial charge in [0.2, 0.25) is 0 Å². The van der Waals surface area contributed by atoms with Gasteiger partial charge >= 0.3 is 0 Å². The zero-order valence-electron chi connectivity index (χ0n) is 12.3. The van der Waals surface area contributed by atoms with Crippen LogP contribution in [0.2, 0.25) is 0 Å². The summed E-state index contributed by atoms with van der Waals surface area (Å²) in [5, 5.41) is 25.0. The third kappa shape index (κ3) is 4.87. The maximum Gasteiger partial charge on any atom is 0.267 e. The number of thiocyanates is 1. The van der Waals surface area contributed by atoms with E-state index < -0.39 is 11.7 Å². The molecule has 5 nitrogen and oxygen atoms in total. The number of thioether (sulfide) groups is 1. The fourth-order valence-electron chi connectivity index (χ4n) is 1.71. The first kappa shape index (κ1) is 17.1. The summed E-state index contributed by atoms with van der Waals surface area (Å²) in [6.07, 6.45) is 1.28. The number of nitrogens with one attached hydrogen (secondary N) is 2. The number of halogens is 1. The van der Waals surface area contributed by atoms with Crippen molar-refractivity contribution in [3.8, 4) is 11.5 Å². The Kier molecular flexibility index (Phi) is 5.95. The lowest BCUT2D eigenvalue weighted by Crippen LogP contribution is -2.14. The maximum absolute atomic E-state index is 12.8. The highest BCUT2D eigenvalue weighted by Gasteiger charge is 2.09. The van der Waals surface area contributed by atoms with Gasteiger partial charge in [-0.25, -0.2) is 4.39 Å². The molecular formula is C17H11FN4OS. The first-order valence-electron chi connectivity index (χ1n) is 6.72. The van der Waals surface area contributed by atoms with E-state index in [1.807, 2.05) is 5.40 Å². The molecule has 0 aliphatic rings. The van der Waals surface area contributed by atoms with E-state index in [1.165, 1.54) is 30.5 Å². The average molecular weight is 338 g/mol. The predicted octanol–water partition coefficient (Wildman–Crippen LogP) is 3.86. The highest BCUT2D eigenvalue weighted by Crippen LogP contribution is 2.19. The molecule has 0 saturated heterocycles. The van der Waals surface area contributed by atoms with Crippen LogP contribution in [0.4, 0.5) is 15.8 Å². The van der Waals surface area contributed by atoms with Crippen LogP contribution >= 0.6 is 11.8 Å². The highest BCUT2D eigenvalue weighted by atomic mass is 32.2. The van der Waals surface area contributed by atoms with Crippen molar-refractivity contribution in [2.45, 2.75) is 4.90 Å². The summed E-state index contributed by atoms with van der Waals surface area (Å²) in [6, 6.07) is 14.0. The first-order valence-corrected chi connectivity index (χ1v) is 7.54. The van der Waals surface area contributed by atoms with Crippen molar-refractivity contribution in [2.75, 3.05) is 10.6 Å². The smallest absolute Gasteiger partial charge is 0.267 e. The molecule has 0 aliphatic carbocycles. The Balaban J connectivity index is 2.03. The normalized spacial score (nSPS) is 10.4. The van der Waals surface area contributed by atoms with Crippen LogP contribution in [0.5, 0.6) is 0 Å². The Bertz CT molecular complexity index is 833. The second kappa shape index (κ2) is 8.37. The van der Waals surface area contributed by atoms with Gasteiger partial charge in [-0.05, 0) is 60.3 Å². The van der Waals surface area contributed by atoms with Gasteiger partial charge in [-0.3, -0.25) is 4.79 Å². The topological polar surface area (TPSA) is 88.7 Å². The zero-order chi connectivity index (χ0) is 17.4. The van der Waals surface area contributed by atoms with Gasteiger partial charge in [-0.2, -0.15) is 10.5 Å². The molecule has 2 N–H and O–H groups in total. The Morgan fingerprint density at radius 3 is 2.25 bits per heavy atom. The Morgan fingerprint density at radius 2 is 1.67 bits per heavy atom. The van der Waals surface area contributed by atoms with E-state index in [0.29, 0.717) is 11.4 Å². The number of hydrogen-bond acceptors (Lipinski definition) is 5. The molecule has 0 unspecified atom stereocenters. The van der Waals surface area contributed by atoms with E-state index in [1.54, 1.807) is 30.3 Å². The van der Waals surface area contributed by atoms with Gasteiger partial charge in [-0.15, -0.1) is 0 Å². The number of anilines is 2. The molecule has 2 aromatic carbocycles. The SMILES string of the molecule is N#CSc1ccc(N/C=C(/C#N)C(=O)Nc2ccc(F)cc2)cc1. The zero-order valence-corrected chi connectivity index (χ0v) is 13.1. The van der Waals surface area contributed by atoms with Crippen molar-refractivity contribution in [1.82, 2.24) is 0 Å². The molecule has 0 spiro atoms. The molecule has 0 radical (unpaired) electrons. The van der Waals surface area contributed by atoms with Crippen molar-refractivity contribution < 1.29 is 9.18 Å². The summed E-state index contributed by atoms with van der Waals surface area (Å²) in [5.41, 5.74) is 0.926. The number of nitriles is 2. The molecule has 2 aromatic rings. The molecule has 7 heteroatoms. The Morgan fingerprint density at radius 1 is 1.04 bits per heavy atom. The number of benzene rings is 2. The maximum atomic E-state index is 12.8. The van der Waals surface area contributed by atoms with Crippen LogP contribution in [-0.4, -0.2) is 5.91 Å². The van der Waals surface area contributed by atoms with Crippen LogP contribution in [0, 0.1) is 27.8 Å². The molecule has 0 aromatic heterocycles. The second-order valence-electron chi connectivity index (χ2n) is 4.49. The molecule has 118 valence electrons. The fourth-order valence-corrected chi connectivity index (χ4v) is 2.09. The number of rotatable bonds is 5. The lowest BCUT2D eigenvalue weighted by Gasteiger charge is -2.05. The molecule has 0 aliphatic heterocycles. The lowest BCUT2D eigenvalue weighted by molar-refractivity contribution is -0.112. The third-order valence-electron chi connectivity index (χ3n) is 2.87. The molecule has 24 heavy (non-hydrogen) atoms. The van der Waals surface area contributed by atoms with Crippen LogP contribution < -0.4 is 10.6 Å². The van der Waals surface area contributed by atoms with Crippen LogP contribution in [0.1, 0.15) is 0 Å². The van der Waals surface area contributed by atoms with E-state index in [4.69, 9.17) is 10.5 Å². The number of carbonyl (C=O) groups excluding carboxylic acids is 1. The number of amides is 1. The van der Waals surface area contributed by atoms with Crippen molar-refractivity contribution >= 4 is 29.0 Å². The Labute approximate surface area is 142 Å². The van der Waals surface area contributed by atoms with Crippen LogP contribution in [0.25, 0.3) is 0 Å². The van der Waals surface area contributed by atoms with Gasteiger partial charge in [0, 0.05) is 22.5 Å². The molecule has 0 atom stereocenters. The van der Waals surface area contributed by atoms with Crippen LogP contribution in [0.15, 0.2) is 65.2 Å². The van der Waals surface area contributed by atoms with Crippen molar-refractivity contribution in [2.24, 2.45) is 0 Å². The van der Waals surface area contributed by atoms with E-state index in [2.05, 4.69) is 10.6 Å². The average Bonchev–Trinajstić information content (AvgIpc) is 2.59. The van der Waals surface area contributed by atoms with Gasteiger partial charge in [0.05, 0.1) is 0 Å². The lowest BCUT2D eigenvalue weighted by atomic mass is 10.2. The van der Waals surface area contributed by atoms with E-state index in [0.717, 1.165) is 16.7 Å². The van der Waals surface area contributed by atoms with E-state index >= 15 is 0 Å². The van der Waals surface area contributed by atoms with Gasteiger partial charge in [-0.1, -0.05) is 0 Å². The highest BCUT2D eigenvalue weighted by molar-refractivity contribution is 8.03. The number of hydrogen-bond donors (Lipinski definition) is 2. The minimum Gasteiger partial charge on any atom is -0.360 e. The summed E-state index contributed by atoms with van der Waals surface area (Å²) >= 11 is 1.04. The summed E-state index contributed by atoms with van der Waals surface area (Å²) in [4.78, 5) is 12.8. The van der Waals surface area contributed by atoms with Crippen LogP contribution in [-0.2, 0) is 4.79 Å². The minimum absolute atomic E-state index is 0.130. The summed E-state index contributed by atoms with van der Waals surface area (Å²) in [7, 11) is 0. The summed E-state index contributed by atoms with van der Waals surface area (Å²) < 4.78 is 12.8. The summed E-state index contributed by atoms with van der Waals surface area (Å²) in [6.45, 7) is 0. The summed E-state index contributed by atoms with van der Waals surface area (Å²) in [5.74, 6) is -1.02. The molecule has 0 bridgehead atoms. The predicted molar refractivity (Wildman–Crippen MR) is 90.3 cm³/mol. The number of carbonyl (C=O) groups is 1. The van der Waals surface area contributed by atoms with Gasteiger partial charge < -0.3 is 10.6 Å². The Hall–Kier alpha value is -3.29. The monoisotopic (exact) mass is 338 g/mol. The standard InChI is InChI=1S/C17H11FN4OS/c18-13-1-3-15(4-2-13)22-17(23)12(9-19)10-21-14-5-7-16(8-6-14)24-11-20/h1-8,10,21H,(H,22,23)/b12-10-. The van der Waals surface area contributed by atoms with E-state index in [-0.39, 0.29) is 5.57 Å². The largest absolute Gasteiger partial charge is 0.360 e. The van der Waals surface area contributed by atoms with Crippen molar-refractivity contribution in [3.63, 3.8) is 0 Å². The molecular weight excluding hydrogens is 327 g/mol. The molecule has 0 heterocycles. The molecule has 0 fully saturated rings. The van der Waals surface area contributed by atoms with Gasteiger partial charge in [0.15, 0.2) is 0 Å². The number of nitrogens with zero attached hydrogens (tertiary/aromatic N) is 2. The van der Waals surface area contributed by atoms with Gasteiger partial charge in [0.25, 0.3) is 5.91 Å². The quantitative estimate of drug-likeness (QED) is 0.374. The molecule has 2 rings (SSSR count). The first-order chi connectivity index (χ1) is 11.6. The third-order valence-corrected chi connectivity index (χ3v) is 3.47. The molecule has 1 amide bonds.